The van der Waals surface area contributed by atoms with Crippen LogP contribution in [-0.2, 0) is 0 Å². The number of aliphatic hydroxyl groups is 1. The summed E-state index contributed by atoms with van der Waals surface area (Å²) >= 11 is 5.84. The smallest absolute Gasteiger partial charge is 0.141 e. The third-order valence-corrected chi connectivity index (χ3v) is 2.77. The Kier molecular flexibility index (Phi) is 3.79. The van der Waals surface area contributed by atoms with E-state index in [1.165, 1.54) is 19.4 Å². The summed E-state index contributed by atoms with van der Waals surface area (Å²) in [5.74, 6) is -0.0567. The van der Waals surface area contributed by atoms with Crippen LogP contribution >= 0.6 is 11.6 Å². The van der Waals surface area contributed by atoms with Gasteiger partial charge in [0.1, 0.15) is 17.7 Å². The fourth-order valence-electron chi connectivity index (χ4n) is 1.67. The van der Waals surface area contributed by atoms with E-state index in [0.717, 1.165) is 6.20 Å². The summed E-state index contributed by atoms with van der Waals surface area (Å²) < 4.78 is 18.2. The lowest BCUT2D eigenvalue weighted by Crippen LogP contribution is -2.03. The number of hydrogen-bond acceptors (Lipinski definition) is 3. The van der Waals surface area contributed by atoms with E-state index < -0.39 is 11.9 Å². The summed E-state index contributed by atoms with van der Waals surface area (Å²) in [4.78, 5) is 3.70. The van der Waals surface area contributed by atoms with E-state index in [0.29, 0.717) is 21.9 Å². The van der Waals surface area contributed by atoms with Crippen molar-refractivity contribution in [3.05, 3.63) is 58.6 Å². The van der Waals surface area contributed by atoms with Gasteiger partial charge in [0.05, 0.1) is 13.3 Å². The molecule has 1 aromatic heterocycles. The number of nitrogens with zero attached hydrogens (tertiary/aromatic N) is 1. The highest BCUT2D eigenvalue weighted by atomic mass is 35.5. The summed E-state index contributed by atoms with van der Waals surface area (Å²) in [7, 11) is 1.48. The van der Waals surface area contributed by atoms with E-state index in [1.807, 2.05) is 0 Å². The molecule has 2 aromatic rings. The van der Waals surface area contributed by atoms with Crippen molar-refractivity contribution in [2.24, 2.45) is 0 Å². The van der Waals surface area contributed by atoms with Crippen molar-refractivity contribution >= 4 is 11.6 Å². The Morgan fingerprint density at radius 1 is 1.33 bits per heavy atom. The zero-order valence-corrected chi connectivity index (χ0v) is 10.4. The lowest BCUT2D eigenvalue weighted by molar-refractivity contribution is 0.214. The zero-order chi connectivity index (χ0) is 13.1. The predicted molar refractivity (Wildman–Crippen MR) is 66.3 cm³/mol. The third-order valence-electron chi connectivity index (χ3n) is 2.53. The molecular formula is C13H11ClFNO2. The zero-order valence-electron chi connectivity index (χ0n) is 9.60. The first-order valence-corrected chi connectivity index (χ1v) is 5.61. The van der Waals surface area contributed by atoms with Gasteiger partial charge in [-0.3, -0.25) is 4.98 Å². The Morgan fingerprint density at radius 3 is 2.78 bits per heavy atom. The van der Waals surface area contributed by atoms with Crippen molar-refractivity contribution in [3.8, 4) is 5.75 Å². The van der Waals surface area contributed by atoms with Crippen LogP contribution in [0.15, 0.2) is 36.7 Å². The molecule has 1 heterocycles. The Morgan fingerprint density at radius 2 is 2.11 bits per heavy atom. The number of aromatic nitrogens is 1. The number of pyridine rings is 1. The molecule has 1 N–H and O–H groups in total. The summed E-state index contributed by atoms with van der Waals surface area (Å²) in [6.45, 7) is 0. The van der Waals surface area contributed by atoms with Crippen LogP contribution in [0.2, 0.25) is 5.02 Å². The quantitative estimate of drug-likeness (QED) is 0.930. The summed E-state index contributed by atoms with van der Waals surface area (Å²) in [5.41, 5.74) is 0.866. The Balaban J connectivity index is 2.42. The van der Waals surface area contributed by atoms with Crippen LogP contribution in [0.3, 0.4) is 0 Å². The van der Waals surface area contributed by atoms with Crippen molar-refractivity contribution in [2.75, 3.05) is 7.11 Å². The van der Waals surface area contributed by atoms with Gasteiger partial charge in [-0.1, -0.05) is 17.7 Å². The molecule has 1 unspecified atom stereocenters. The van der Waals surface area contributed by atoms with Crippen LogP contribution in [-0.4, -0.2) is 17.2 Å². The predicted octanol–water partition coefficient (Wildman–Crippen LogP) is 2.96. The van der Waals surface area contributed by atoms with Gasteiger partial charge >= 0.3 is 0 Å². The van der Waals surface area contributed by atoms with Crippen LogP contribution in [0.4, 0.5) is 4.39 Å². The van der Waals surface area contributed by atoms with Crippen molar-refractivity contribution < 1.29 is 14.2 Å². The summed E-state index contributed by atoms with van der Waals surface area (Å²) in [6.07, 6.45) is 1.47. The number of hydrogen-bond donors (Lipinski definition) is 1. The second-order valence-corrected chi connectivity index (χ2v) is 4.16. The highest BCUT2D eigenvalue weighted by Crippen LogP contribution is 2.31. The number of benzene rings is 1. The molecule has 0 fully saturated rings. The molecule has 0 radical (unpaired) electrons. The van der Waals surface area contributed by atoms with E-state index in [-0.39, 0.29) is 0 Å². The van der Waals surface area contributed by atoms with Gasteiger partial charge in [-0.2, -0.15) is 0 Å². The molecule has 0 aliphatic carbocycles. The van der Waals surface area contributed by atoms with Crippen molar-refractivity contribution in [2.45, 2.75) is 6.10 Å². The molecule has 0 saturated heterocycles. The first kappa shape index (κ1) is 12.8. The third kappa shape index (κ3) is 2.60. The summed E-state index contributed by atoms with van der Waals surface area (Å²) in [5, 5.41) is 10.7. The van der Waals surface area contributed by atoms with Crippen molar-refractivity contribution in [1.82, 2.24) is 4.98 Å². The molecule has 0 saturated carbocycles. The lowest BCUT2D eigenvalue weighted by Gasteiger charge is -2.15. The molecule has 0 aliphatic rings. The second-order valence-electron chi connectivity index (χ2n) is 3.73. The van der Waals surface area contributed by atoms with E-state index in [9.17, 15) is 9.50 Å². The molecule has 0 aliphatic heterocycles. The van der Waals surface area contributed by atoms with Crippen LogP contribution in [0.1, 0.15) is 17.2 Å². The van der Waals surface area contributed by atoms with Gasteiger partial charge in [0.25, 0.3) is 0 Å². The minimum atomic E-state index is -1.01. The first-order chi connectivity index (χ1) is 8.61. The Bertz CT molecular complexity index is 562. The van der Waals surface area contributed by atoms with Crippen LogP contribution < -0.4 is 4.74 Å². The largest absolute Gasteiger partial charge is 0.496 e. The fraction of sp³-hybridized carbons (Fsp3) is 0.154. The number of rotatable bonds is 3. The molecule has 0 bridgehead atoms. The minimum Gasteiger partial charge on any atom is -0.496 e. The van der Waals surface area contributed by atoms with Gasteiger partial charge < -0.3 is 9.84 Å². The molecule has 3 nitrogen and oxygen atoms in total. The second kappa shape index (κ2) is 5.33. The number of halogens is 2. The maximum Gasteiger partial charge on any atom is 0.141 e. The van der Waals surface area contributed by atoms with Crippen molar-refractivity contribution in [3.63, 3.8) is 0 Å². The highest BCUT2D eigenvalue weighted by Gasteiger charge is 2.16. The van der Waals surface area contributed by atoms with Gasteiger partial charge in [-0.05, 0) is 18.2 Å². The lowest BCUT2D eigenvalue weighted by atomic mass is 10.0. The molecule has 1 atom stereocenters. The van der Waals surface area contributed by atoms with Crippen LogP contribution in [0, 0.1) is 5.82 Å². The standard InChI is InChI=1S/C13H11ClFNO2/c1-18-12-5-9(14)2-3-11(12)13(17)8-4-10(15)7-16-6-8/h2-7,13,17H,1H3. The van der Waals surface area contributed by atoms with E-state index in [4.69, 9.17) is 16.3 Å². The number of methoxy groups -OCH3 is 1. The Hall–Kier alpha value is -1.65. The molecule has 5 heteroatoms. The molecule has 2 rings (SSSR count). The van der Waals surface area contributed by atoms with Gasteiger partial charge in [-0.25, -0.2) is 4.39 Å². The van der Waals surface area contributed by atoms with Crippen LogP contribution in [0.25, 0.3) is 0 Å². The number of aliphatic hydroxyl groups excluding tert-OH is 1. The molecular weight excluding hydrogens is 257 g/mol. The molecule has 0 amide bonds. The van der Waals surface area contributed by atoms with Crippen molar-refractivity contribution in [1.29, 1.82) is 0 Å². The fourth-order valence-corrected chi connectivity index (χ4v) is 1.83. The minimum absolute atomic E-state index is 0.357. The van der Waals surface area contributed by atoms with E-state index in [1.54, 1.807) is 18.2 Å². The monoisotopic (exact) mass is 267 g/mol. The molecule has 94 valence electrons. The highest BCUT2D eigenvalue weighted by molar-refractivity contribution is 6.30. The SMILES string of the molecule is COc1cc(Cl)ccc1C(O)c1cncc(F)c1. The average Bonchev–Trinajstić information content (AvgIpc) is 2.37. The number of ether oxygens (including phenoxy) is 1. The average molecular weight is 268 g/mol. The van der Waals surface area contributed by atoms with E-state index >= 15 is 0 Å². The normalized spacial score (nSPS) is 12.2. The van der Waals surface area contributed by atoms with Gasteiger partial charge in [0.2, 0.25) is 0 Å². The van der Waals surface area contributed by atoms with Crippen LogP contribution in [0.5, 0.6) is 5.75 Å². The summed E-state index contributed by atoms with van der Waals surface area (Å²) in [6, 6.07) is 6.09. The maximum atomic E-state index is 13.1. The first-order valence-electron chi connectivity index (χ1n) is 5.24. The Labute approximate surface area is 109 Å². The van der Waals surface area contributed by atoms with Gasteiger partial charge in [0, 0.05) is 22.3 Å². The van der Waals surface area contributed by atoms with Gasteiger partial charge in [0.15, 0.2) is 0 Å². The van der Waals surface area contributed by atoms with Gasteiger partial charge in [-0.15, -0.1) is 0 Å². The maximum absolute atomic E-state index is 13.1. The molecule has 0 spiro atoms. The topological polar surface area (TPSA) is 42.4 Å². The molecule has 1 aromatic carbocycles. The van der Waals surface area contributed by atoms with E-state index in [2.05, 4.69) is 4.98 Å². The molecule has 18 heavy (non-hydrogen) atoms.